The first-order valence-electron chi connectivity index (χ1n) is 6.48. The van der Waals surface area contributed by atoms with Crippen LogP contribution in [-0.2, 0) is 13.0 Å². The molecular formula is C16H16N2S. The molecule has 3 aromatic rings. The van der Waals surface area contributed by atoms with Gasteiger partial charge in [-0.3, -0.25) is 4.98 Å². The molecule has 0 radical (unpaired) electrons. The molecule has 0 fully saturated rings. The summed E-state index contributed by atoms with van der Waals surface area (Å²) in [4.78, 5) is 4.65. The Balaban J connectivity index is 1.56. The van der Waals surface area contributed by atoms with Gasteiger partial charge in [-0.15, -0.1) is 0 Å². The molecule has 19 heavy (non-hydrogen) atoms. The molecule has 0 atom stereocenters. The zero-order valence-corrected chi connectivity index (χ0v) is 11.5. The average Bonchev–Trinajstić information content (AvgIpc) is 2.97. The van der Waals surface area contributed by atoms with Crippen LogP contribution in [0.25, 0.3) is 10.9 Å². The summed E-state index contributed by atoms with van der Waals surface area (Å²) in [7, 11) is 0. The second kappa shape index (κ2) is 5.95. The molecule has 0 amide bonds. The van der Waals surface area contributed by atoms with E-state index >= 15 is 0 Å². The van der Waals surface area contributed by atoms with Gasteiger partial charge in [0.05, 0.1) is 11.2 Å². The van der Waals surface area contributed by atoms with Crippen molar-refractivity contribution in [2.75, 3.05) is 6.54 Å². The van der Waals surface area contributed by atoms with Gasteiger partial charge in [-0.1, -0.05) is 24.3 Å². The summed E-state index contributed by atoms with van der Waals surface area (Å²) in [6, 6.07) is 14.6. The molecule has 0 aliphatic heterocycles. The second-order valence-corrected chi connectivity index (χ2v) is 5.33. The van der Waals surface area contributed by atoms with E-state index in [2.05, 4.69) is 51.4 Å². The Labute approximate surface area is 117 Å². The van der Waals surface area contributed by atoms with Gasteiger partial charge in [0, 0.05) is 11.9 Å². The molecule has 0 aliphatic carbocycles. The molecule has 2 nitrogen and oxygen atoms in total. The van der Waals surface area contributed by atoms with Gasteiger partial charge in [0.25, 0.3) is 0 Å². The number of benzene rings is 1. The summed E-state index contributed by atoms with van der Waals surface area (Å²) in [5, 5.41) is 8.97. The van der Waals surface area contributed by atoms with Crippen molar-refractivity contribution in [3.05, 3.63) is 64.5 Å². The molecule has 2 aromatic heterocycles. The van der Waals surface area contributed by atoms with Crippen molar-refractivity contribution in [1.82, 2.24) is 10.3 Å². The van der Waals surface area contributed by atoms with Crippen molar-refractivity contribution < 1.29 is 0 Å². The third-order valence-electron chi connectivity index (χ3n) is 3.13. The Morgan fingerprint density at radius 2 is 2.00 bits per heavy atom. The van der Waals surface area contributed by atoms with Crippen molar-refractivity contribution in [3.63, 3.8) is 0 Å². The number of nitrogens with zero attached hydrogens (tertiary/aromatic N) is 1. The number of pyridine rings is 1. The minimum atomic E-state index is 0.828. The lowest BCUT2D eigenvalue weighted by atomic mass is 10.2. The lowest BCUT2D eigenvalue weighted by molar-refractivity contribution is 0.677. The van der Waals surface area contributed by atoms with E-state index in [0.717, 1.165) is 30.7 Å². The van der Waals surface area contributed by atoms with Crippen molar-refractivity contribution in [2.24, 2.45) is 0 Å². The Bertz CT molecular complexity index is 647. The minimum Gasteiger partial charge on any atom is -0.311 e. The van der Waals surface area contributed by atoms with Gasteiger partial charge in [0.2, 0.25) is 0 Å². The summed E-state index contributed by atoms with van der Waals surface area (Å²) < 4.78 is 0. The van der Waals surface area contributed by atoms with E-state index in [9.17, 15) is 0 Å². The minimum absolute atomic E-state index is 0.828. The summed E-state index contributed by atoms with van der Waals surface area (Å²) in [6.45, 7) is 1.82. The number of fused-ring (bicyclic) bond motifs is 1. The summed E-state index contributed by atoms with van der Waals surface area (Å²) in [6.07, 6.45) is 1.08. The van der Waals surface area contributed by atoms with E-state index in [4.69, 9.17) is 0 Å². The molecular weight excluding hydrogens is 252 g/mol. The Hall–Kier alpha value is -1.71. The molecule has 3 heteroatoms. The highest BCUT2D eigenvalue weighted by molar-refractivity contribution is 7.07. The molecule has 0 saturated carbocycles. The Kier molecular flexibility index (Phi) is 3.86. The number of hydrogen-bond acceptors (Lipinski definition) is 3. The van der Waals surface area contributed by atoms with E-state index in [0.29, 0.717) is 0 Å². The molecule has 3 rings (SSSR count). The Morgan fingerprint density at radius 3 is 2.89 bits per heavy atom. The van der Waals surface area contributed by atoms with Crippen LogP contribution < -0.4 is 5.32 Å². The van der Waals surface area contributed by atoms with Gasteiger partial charge in [-0.25, -0.2) is 0 Å². The van der Waals surface area contributed by atoms with E-state index in [1.165, 1.54) is 10.9 Å². The van der Waals surface area contributed by atoms with Crippen LogP contribution in [0.1, 0.15) is 11.3 Å². The molecule has 2 heterocycles. The number of rotatable bonds is 5. The third-order valence-corrected chi connectivity index (χ3v) is 3.86. The fourth-order valence-electron chi connectivity index (χ4n) is 2.09. The van der Waals surface area contributed by atoms with Crippen molar-refractivity contribution in [2.45, 2.75) is 13.0 Å². The van der Waals surface area contributed by atoms with Gasteiger partial charge in [0.1, 0.15) is 0 Å². The highest BCUT2D eigenvalue weighted by Gasteiger charge is 1.98. The number of para-hydroxylation sites is 1. The van der Waals surface area contributed by atoms with Crippen LogP contribution in [0.15, 0.2) is 53.2 Å². The predicted octanol–water partition coefficient (Wildman–Crippen LogP) is 3.63. The topological polar surface area (TPSA) is 24.9 Å². The van der Waals surface area contributed by atoms with Crippen LogP contribution in [0.5, 0.6) is 0 Å². The fraction of sp³-hybridized carbons (Fsp3) is 0.188. The first-order valence-corrected chi connectivity index (χ1v) is 7.42. The van der Waals surface area contributed by atoms with Gasteiger partial charge in [-0.05, 0) is 47.5 Å². The quantitative estimate of drug-likeness (QED) is 0.715. The lowest BCUT2D eigenvalue weighted by Gasteiger charge is -2.05. The van der Waals surface area contributed by atoms with Crippen LogP contribution in [0.3, 0.4) is 0 Å². The monoisotopic (exact) mass is 268 g/mol. The normalized spacial score (nSPS) is 10.9. The van der Waals surface area contributed by atoms with Gasteiger partial charge in [0.15, 0.2) is 0 Å². The summed E-state index contributed by atoms with van der Waals surface area (Å²) in [5.41, 5.74) is 3.58. The molecule has 1 N–H and O–H groups in total. The SMILES string of the molecule is c1ccc2nc(CNCCc3ccsc3)ccc2c1. The molecule has 0 saturated heterocycles. The maximum atomic E-state index is 4.65. The number of thiophene rings is 1. The van der Waals surface area contributed by atoms with Gasteiger partial charge in [-0.2, -0.15) is 11.3 Å². The number of nitrogens with one attached hydrogen (secondary N) is 1. The molecule has 1 aromatic carbocycles. The van der Waals surface area contributed by atoms with Crippen molar-refractivity contribution >= 4 is 22.2 Å². The maximum Gasteiger partial charge on any atom is 0.0705 e. The molecule has 0 unspecified atom stereocenters. The highest BCUT2D eigenvalue weighted by atomic mass is 32.1. The largest absolute Gasteiger partial charge is 0.311 e. The van der Waals surface area contributed by atoms with Crippen LogP contribution in [-0.4, -0.2) is 11.5 Å². The first kappa shape index (κ1) is 12.3. The van der Waals surface area contributed by atoms with E-state index in [1.807, 2.05) is 12.1 Å². The maximum absolute atomic E-state index is 4.65. The van der Waals surface area contributed by atoms with E-state index in [-0.39, 0.29) is 0 Å². The van der Waals surface area contributed by atoms with Gasteiger partial charge < -0.3 is 5.32 Å². The second-order valence-electron chi connectivity index (χ2n) is 4.55. The zero-order chi connectivity index (χ0) is 12.9. The Morgan fingerprint density at radius 1 is 1.05 bits per heavy atom. The predicted molar refractivity (Wildman–Crippen MR) is 81.5 cm³/mol. The smallest absolute Gasteiger partial charge is 0.0705 e. The number of aromatic nitrogens is 1. The fourth-order valence-corrected chi connectivity index (χ4v) is 2.79. The number of hydrogen-bond donors (Lipinski definition) is 1. The van der Waals surface area contributed by atoms with Crippen molar-refractivity contribution in [3.8, 4) is 0 Å². The first-order chi connectivity index (χ1) is 9.42. The lowest BCUT2D eigenvalue weighted by Crippen LogP contribution is -2.17. The van der Waals surface area contributed by atoms with Crippen molar-refractivity contribution in [1.29, 1.82) is 0 Å². The summed E-state index contributed by atoms with van der Waals surface area (Å²) in [5.74, 6) is 0. The van der Waals surface area contributed by atoms with E-state index in [1.54, 1.807) is 11.3 Å². The third kappa shape index (κ3) is 3.19. The standard InChI is InChI=1S/C16H16N2S/c1-2-4-16-14(3-1)5-6-15(18-16)11-17-9-7-13-8-10-19-12-13/h1-6,8,10,12,17H,7,9,11H2. The zero-order valence-electron chi connectivity index (χ0n) is 10.7. The molecule has 96 valence electrons. The average molecular weight is 268 g/mol. The van der Waals surface area contributed by atoms with Crippen LogP contribution in [0.4, 0.5) is 0 Å². The molecule has 0 aliphatic rings. The highest BCUT2D eigenvalue weighted by Crippen LogP contribution is 2.11. The van der Waals surface area contributed by atoms with Crippen LogP contribution >= 0.6 is 11.3 Å². The van der Waals surface area contributed by atoms with Gasteiger partial charge >= 0.3 is 0 Å². The molecule has 0 bridgehead atoms. The van der Waals surface area contributed by atoms with Crippen LogP contribution in [0.2, 0.25) is 0 Å². The van der Waals surface area contributed by atoms with Crippen LogP contribution in [0, 0.1) is 0 Å². The van der Waals surface area contributed by atoms with E-state index < -0.39 is 0 Å². The molecule has 0 spiro atoms. The summed E-state index contributed by atoms with van der Waals surface area (Å²) >= 11 is 1.76.